The van der Waals surface area contributed by atoms with Gasteiger partial charge in [0.15, 0.2) is 0 Å². The molecule has 4 aromatic rings. The maximum Gasteiger partial charge on any atom is 0.253 e. The van der Waals surface area contributed by atoms with E-state index in [0.717, 1.165) is 11.1 Å². The summed E-state index contributed by atoms with van der Waals surface area (Å²) in [6.45, 7) is 1.99. The molecule has 0 aliphatic heterocycles. The predicted molar refractivity (Wildman–Crippen MR) is 95.1 cm³/mol. The van der Waals surface area contributed by atoms with E-state index in [4.69, 9.17) is 0 Å². The third kappa shape index (κ3) is 1.89. The van der Waals surface area contributed by atoms with Crippen molar-refractivity contribution >= 4 is 17.3 Å². The summed E-state index contributed by atoms with van der Waals surface area (Å²) >= 11 is 0. The molecule has 0 atom stereocenters. The molecule has 0 radical (unpaired) electrons. The molecular formula is C20H12N4O2. The minimum Gasteiger partial charge on any atom is -0.285 e. The number of aromatic nitrogens is 4. The lowest BCUT2D eigenvalue weighted by molar-refractivity contribution is 0.0815. The number of benzene rings is 2. The Balaban J connectivity index is 1.96. The summed E-state index contributed by atoms with van der Waals surface area (Å²) in [6, 6.07) is 14.7. The maximum absolute atomic E-state index is 13.0. The van der Waals surface area contributed by atoms with Crippen LogP contribution in [0, 0.1) is 6.92 Å². The predicted octanol–water partition coefficient (Wildman–Crippen LogP) is 3.15. The lowest BCUT2D eigenvalue weighted by atomic mass is 9.85. The number of aryl methyl sites for hydroxylation is 1. The molecule has 0 unspecified atom stereocenters. The molecule has 0 saturated carbocycles. The first-order valence-corrected chi connectivity index (χ1v) is 8.14. The first-order chi connectivity index (χ1) is 12.6. The van der Waals surface area contributed by atoms with Crippen molar-refractivity contribution in [1.29, 1.82) is 0 Å². The molecule has 0 spiro atoms. The number of fused-ring (bicyclic) bond motifs is 4. The van der Waals surface area contributed by atoms with Crippen LogP contribution in [0.2, 0.25) is 0 Å². The number of hydrogen-bond donors (Lipinski definition) is 0. The molecular weight excluding hydrogens is 328 g/mol. The summed E-state index contributed by atoms with van der Waals surface area (Å²) in [7, 11) is 0. The highest BCUT2D eigenvalue weighted by Crippen LogP contribution is 2.37. The Labute approximate surface area is 148 Å². The number of rotatable bonds is 1. The highest BCUT2D eigenvalue weighted by atomic mass is 16.2. The van der Waals surface area contributed by atoms with Gasteiger partial charge in [0, 0.05) is 16.7 Å². The Morgan fingerprint density at radius 2 is 1.62 bits per heavy atom. The van der Waals surface area contributed by atoms with Gasteiger partial charge in [0.25, 0.3) is 5.78 Å². The number of nitrogens with zero attached hydrogens (tertiary/aromatic N) is 4. The molecule has 5 rings (SSSR count). The zero-order chi connectivity index (χ0) is 17.8. The normalized spacial score (nSPS) is 13.0. The minimum atomic E-state index is -0.570. The third-order valence-corrected chi connectivity index (χ3v) is 4.61. The van der Waals surface area contributed by atoms with Crippen LogP contribution in [0.15, 0.2) is 54.9 Å². The zero-order valence-electron chi connectivity index (χ0n) is 13.8. The van der Waals surface area contributed by atoms with Gasteiger partial charge in [-0.15, -0.1) is 0 Å². The number of carbonyl (C=O) groups is 2. The third-order valence-electron chi connectivity index (χ3n) is 4.61. The minimum absolute atomic E-state index is 0.274. The summed E-state index contributed by atoms with van der Waals surface area (Å²) < 4.78 is 1.52. The van der Waals surface area contributed by atoms with Gasteiger partial charge in [0.05, 0.1) is 17.0 Å². The van der Waals surface area contributed by atoms with E-state index in [1.165, 1.54) is 10.8 Å². The van der Waals surface area contributed by atoms with Crippen LogP contribution in [0.4, 0.5) is 0 Å². The Kier molecular flexibility index (Phi) is 2.91. The van der Waals surface area contributed by atoms with Crippen molar-refractivity contribution in [2.75, 3.05) is 0 Å². The Hall–Kier alpha value is -3.67. The molecule has 1 aliphatic carbocycles. The van der Waals surface area contributed by atoms with E-state index < -0.39 is 11.6 Å². The Morgan fingerprint density at radius 1 is 0.885 bits per heavy atom. The van der Waals surface area contributed by atoms with E-state index in [2.05, 4.69) is 15.1 Å². The van der Waals surface area contributed by atoms with Crippen molar-refractivity contribution < 1.29 is 9.59 Å². The van der Waals surface area contributed by atoms with E-state index in [1.54, 1.807) is 18.2 Å². The SMILES string of the molecule is Cc1ccc(-c2c3c(nc4ncnn24)-c2ccccc2C(=O)C3=O)cc1. The molecule has 124 valence electrons. The van der Waals surface area contributed by atoms with Crippen molar-refractivity contribution in [3.8, 4) is 22.5 Å². The molecule has 6 heteroatoms. The molecule has 2 aromatic carbocycles. The van der Waals surface area contributed by atoms with Crippen LogP contribution in [-0.2, 0) is 0 Å². The fourth-order valence-electron chi connectivity index (χ4n) is 3.35. The second-order valence-corrected chi connectivity index (χ2v) is 6.23. The molecule has 2 heterocycles. The number of hydrogen-bond acceptors (Lipinski definition) is 5. The van der Waals surface area contributed by atoms with Gasteiger partial charge in [0.2, 0.25) is 11.6 Å². The fourth-order valence-corrected chi connectivity index (χ4v) is 3.35. The van der Waals surface area contributed by atoms with Crippen LogP contribution >= 0.6 is 0 Å². The van der Waals surface area contributed by atoms with Crippen molar-refractivity contribution in [2.24, 2.45) is 0 Å². The van der Waals surface area contributed by atoms with Crippen molar-refractivity contribution in [3.05, 3.63) is 71.5 Å². The molecule has 2 aromatic heterocycles. The average molecular weight is 340 g/mol. The monoisotopic (exact) mass is 340 g/mol. The second kappa shape index (κ2) is 5.16. The fraction of sp³-hybridized carbons (Fsp3) is 0.0500. The van der Waals surface area contributed by atoms with E-state index in [9.17, 15) is 9.59 Å². The maximum atomic E-state index is 13.0. The molecule has 0 amide bonds. The van der Waals surface area contributed by atoms with E-state index in [-0.39, 0.29) is 5.56 Å². The summed E-state index contributed by atoms with van der Waals surface area (Å²) in [5.41, 5.74) is 4.18. The van der Waals surface area contributed by atoms with E-state index in [0.29, 0.717) is 28.3 Å². The summed E-state index contributed by atoms with van der Waals surface area (Å²) in [5, 5.41) is 4.22. The number of Topliss-reactive ketones (excluding diaryl/α,β-unsaturated/α-hetero) is 2. The van der Waals surface area contributed by atoms with Gasteiger partial charge < -0.3 is 0 Å². The van der Waals surface area contributed by atoms with E-state index in [1.807, 2.05) is 37.3 Å². The molecule has 26 heavy (non-hydrogen) atoms. The molecule has 1 aliphatic rings. The van der Waals surface area contributed by atoms with Crippen molar-refractivity contribution in [3.63, 3.8) is 0 Å². The van der Waals surface area contributed by atoms with Crippen LogP contribution < -0.4 is 0 Å². The summed E-state index contributed by atoms with van der Waals surface area (Å²) in [6.07, 6.45) is 1.39. The number of carbonyl (C=O) groups excluding carboxylic acids is 2. The first-order valence-electron chi connectivity index (χ1n) is 8.14. The first kappa shape index (κ1) is 14.7. The van der Waals surface area contributed by atoms with Gasteiger partial charge in [-0.05, 0) is 6.92 Å². The Morgan fingerprint density at radius 3 is 2.38 bits per heavy atom. The molecule has 0 fully saturated rings. The highest BCUT2D eigenvalue weighted by molar-refractivity contribution is 6.53. The molecule has 0 bridgehead atoms. The lowest BCUT2D eigenvalue weighted by Crippen LogP contribution is -2.24. The smallest absolute Gasteiger partial charge is 0.253 e. The van der Waals surface area contributed by atoms with Crippen LogP contribution in [0.25, 0.3) is 28.3 Å². The summed E-state index contributed by atoms with van der Waals surface area (Å²) in [5.74, 6) is -0.710. The topological polar surface area (TPSA) is 77.2 Å². The molecule has 0 N–H and O–H groups in total. The number of ketones is 2. The second-order valence-electron chi connectivity index (χ2n) is 6.23. The van der Waals surface area contributed by atoms with Gasteiger partial charge >= 0.3 is 0 Å². The molecule has 6 nitrogen and oxygen atoms in total. The van der Waals surface area contributed by atoms with Crippen LogP contribution in [0.3, 0.4) is 0 Å². The lowest BCUT2D eigenvalue weighted by Gasteiger charge is -2.20. The highest BCUT2D eigenvalue weighted by Gasteiger charge is 2.35. The standard InChI is InChI=1S/C20H12N4O2/c1-11-6-8-12(9-7-11)17-15-16(23-20-21-10-22-24(17)20)13-4-2-3-5-14(13)18(25)19(15)26/h2-10H,1H3. The van der Waals surface area contributed by atoms with Crippen molar-refractivity contribution in [2.45, 2.75) is 6.92 Å². The van der Waals surface area contributed by atoms with Gasteiger partial charge in [-0.2, -0.15) is 14.6 Å². The largest absolute Gasteiger partial charge is 0.285 e. The van der Waals surface area contributed by atoms with Gasteiger partial charge in [-0.25, -0.2) is 4.98 Å². The van der Waals surface area contributed by atoms with Gasteiger partial charge in [0.1, 0.15) is 6.33 Å². The van der Waals surface area contributed by atoms with E-state index >= 15 is 0 Å². The van der Waals surface area contributed by atoms with Crippen LogP contribution in [0.5, 0.6) is 0 Å². The quantitative estimate of drug-likeness (QED) is 0.498. The average Bonchev–Trinajstić information content (AvgIpc) is 3.13. The molecule has 0 saturated heterocycles. The van der Waals surface area contributed by atoms with Crippen molar-refractivity contribution in [1.82, 2.24) is 19.6 Å². The van der Waals surface area contributed by atoms with Crippen LogP contribution in [-0.4, -0.2) is 31.1 Å². The van der Waals surface area contributed by atoms with Gasteiger partial charge in [-0.3, -0.25) is 9.59 Å². The zero-order valence-corrected chi connectivity index (χ0v) is 13.8. The Bertz CT molecular complexity index is 1220. The van der Waals surface area contributed by atoms with Gasteiger partial charge in [-0.1, -0.05) is 54.1 Å². The van der Waals surface area contributed by atoms with Crippen LogP contribution in [0.1, 0.15) is 26.3 Å². The summed E-state index contributed by atoms with van der Waals surface area (Å²) in [4.78, 5) is 34.3.